The minimum Gasteiger partial charge on any atom is -0.299 e. The molecule has 0 aromatic rings. The maximum atomic E-state index is 12.3. The molecule has 3 saturated carbocycles. The molecular weight excluding hydrogens is 260 g/mol. The number of Topliss-reactive ketones (excluding diaryl/α,β-unsaturated/α-hetero) is 2. The lowest BCUT2D eigenvalue weighted by atomic mass is 9.52. The first-order valence-corrected chi connectivity index (χ1v) is 8.78. The van der Waals surface area contributed by atoms with E-state index >= 15 is 0 Å². The molecule has 0 bridgehead atoms. The molecule has 0 heterocycles. The van der Waals surface area contributed by atoms with E-state index in [-0.39, 0.29) is 5.41 Å². The molecule has 0 aliphatic heterocycles. The van der Waals surface area contributed by atoms with Crippen LogP contribution in [-0.2, 0) is 9.59 Å². The van der Waals surface area contributed by atoms with Crippen LogP contribution in [0, 0.1) is 29.1 Å². The summed E-state index contributed by atoms with van der Waals surface area (Å²) in [6.45, 7) is 4.29. The summed E-state index contributed by atoms with van der Waals surface area (Å²) < 4.78 is 0. The monoisotopic (exact) mass is 286 g/mol. The van der Waals surface area contributed by atoms with Crippen molar-refractivity contribution in [3.63, 3.8) is 0 Å². The third-order valence-electron chi connectivity index (χ3n) is 7.50. The van der Waals surface area contributed by atoms with Crippen molar-refractivity contribution < 1.29 is 9.59 Å². The van der Waals surface area contributed by atoms with Crippen molar-refractivity contribution in [2.75, 3.05) is 0 Å². The fourth-order valence-electron chi connectivity index (χ4n) is 6.28. The first-order chi connectivity index (χ1) is 10.0. The Morgan fingerprint density at radius 1 is 0.952 bits per heavy atom. The van der Waals surface area contributed by atoms with Crippen LogP contribution in [0.5, 0.6) is 0 Å². The summed E-state index contributed by atoms with van der Waals surface area (Å²) in [7, 11) is 0. The zero-order valence-corrected chi connectivity index (χ0v) is 13.3. The van der Waals surface area contributed by atoms with Crippen LogP contribution in [0.2, 0.25) is 0 Å². The fourth-order valence-corrected chi connectivity index (χ4v) is 6.28. The number of rotatable bonds is 0. The normalized spacial score (nSPS) is 46.2. The molecule has 0 saturated heterocycles. The van der Waals surface area contributed by atoms with Crippen molar-refractivity contribution in [1.82, 2.24) is 0 Å². The molecule has 21 heavy (non-hydrogen) atoms. The highest BCUT2D eigenvalue weighted by atomic mass is 16.1. The highest BCUT2D eigenvalue weighted by molar-refractivity contribution is 5.96. The Balaban J connectivity index is 1.67. The SMILES string of the molecule is CC1=C2CC[C@@H]3[C@H](CC[C@]4(C)C(=O)CC[C@@H]34)[C@H]2CCC1=O. The van der Waals surface area contributed by atoms with E-state index in [0.717, 1.165) is 55.9 Å². The van der Waals surface area contributed by atoms with Gasteiger partial charge in [0.05, 0.1) is 0 Å². The Hall–Kier alpha value is -0.920. The van der Waals surface area contributed by atoms with Gasteiger partial charge in [0.1, 0.15) is 5.78 Å². The smallest absolute Gasteiger partial charge is 0.158 e. The zero-order valence-electron chi connectivity index (χ0n) is 13.3. The summed E-state index contributed by atoms with van der Waals surface area (Å²) in [5, 5.41) is 0. The predicted octanol–water partition coefficient (Wildman–Crippen LogP) is 4.09. The van der Waals surface area contributed by atoms with Crippen LogP contribution in [0.1, 0.15) is 65.2 Å². The summed E-state index contributed by atoms with van der Waals surface area (Å²) >= 11 is 0. The van der Waals surface area contributed by atoms with Crippen LogP contribution in [0.25, 0.3) is 0 Å². The van der Waals surface area contributed by atoms with Gasteiger partial charge in [-0.3, -0.25) is 9.59 Å². The Kier molecular flexibility index (Phi) is 2.96. The van der Waals surface area contributed by atoms with E-state index in [1.807, 2.05) is 0 Å². The van der Waals surface area contributed by atoms with E-state index in [2.05, 4.69) is 13.8 Å². The first kappa shape index (κ1) is 13.7. The van der Waals surface area contributed by atoms with Crippen molar-refractivity contribution in [2.24, 2.45) is 29.1 Å². The molecule has 0 spiro atoms. The van der Waals surface area contributed by atoms with Crippen molar-refractivity contribution in [3.05, 3.63) is 11.1 Å². The van der Waals surface area contributed by atoms with Crippen LogP contribution in [0.15, 0.2) is 11.1 Å². The molecule has 4 aliphatic rings. The van der Waals surface area contributed by atoms with E-state index in [0.29, 0.717) is 23.4 Å². The summed E-state index contributed by atoms with van der Waals surface area (Å²) in [5.74, 6) is 3.69. The second kappa shape index (κ2) is 4.54. The molecule has 0 amide bonds. The van der Waals surface area contributed by atoms with E-state index in [4.69, 9.17) is 0 Å². The molecule has 2 heteroatoms. The summed E-state index contributed by atoms with van der Waals surface area (Å²) in [5.41, 5.74) is 2.56. The summed E-state index contributed by atoms with van der Waals surface area (Å²) in [6.07, 6.45) is 8.40. The molecule has 5 atom stereocenters. The Morgan fingerprint density at radius 2 is 1.76 bits per heavy atom. The molecule has 0 unspecified atom stereocenters. The molecule has 0 N–H and O–H groups in total. The van der Waals surface area contributed by atoms with Crippen LogP contribution >= 0.6 is 0 Å². The van der Waals surface area contributed by atoms with Crippen LogP contribution in [-0.4, -0.2) is 11.6 Å². The molecule has 3 fully saturated rings. The van der Waals surface area contributed by atoms with Crippen molar-refractivity contribution in [1.29, 1.82) is 0 Å². The standard InChI is InChI=1S/C19H26O2/c1-11-12-3-4-15-14(13(12)5-7-17(11)20)9-10-19(2)16(15)6-8-18(19)21/h13-16H,3-10H2,1-2H3/t13-,14+,15+,16-,19-/m0/s1. The average Bonchev–Trinajstić information content (AvgIpc) is 2.78. The molecule has 4 aliphatic carbocycles. The molecule has 2 nitrogen and oxygen atoms in total. The number of fused-ring (bicyclic) bond motifs is 5. The minimum atomic E-state index is -0.0120. The van der Waals surface area contributed by atoms with Gasteiger partial charge in [0, 0.05) is 18.3 Å². The number of hydrogen-bond donors (Lipinski definition) is 0. The second-order valence-corrected chi connectivity index (χ2v) is 8.11. The van der Waals surface area contributed by atoms with E-state index in [1.54, 1.807) is 0 Å². The Labute approximate surface area is 127 Å². The fraction of sp³-hybridized carbons (Fsp3) is 0.789. The van der Waals surface area contributed by atoms with Gasteiger partial charge in [-0.1, -0.05) is 12.5 Å². The Morgan fingerprint density at radius 3 is 2.57 bits per heavy atom. The van der Waals surface area contributed by atoms with Gasteiger partial charge in [-0.15, -0.1) is 0 Å². The van der Waals surface area contributed by atoms with Crippen molar-refractivity contribution in [2.45, 2.75) is 65.2 Å². The van der Waals surface area contributed by atoms with Gasteiger partial charge in [0.25, 0.3) is 0 Å². The summed E-state index contributed by atoms with van der Waals surface area (Å²) in [6, 6.07) is 0. The molecular formula is C19H26O2. The van der Waals surface area contributed by atoms with Gasteiger partial charge in [-0.25, -0.2) is 0 Å². The third-order valence-corrected chi connectivity index (χ3v) is 7.50. The largest absolute Gasteiger partial charge is 0.299 e. The molecule has 114 valence electrons. The highest BCUT2D eigenvalue weighted by Gasteiger charge is 2.56. The lowest BCUT2D eigenvalue weighted by Crippen LogP contribution is -2.46. The van der Waals surface area contributed by atoms with E-state index < -0.39 is 0 Å². The van der Waals surface area contributed by atoms with Crippen molar-refractivity contribution in [3.8, 4) is 0 Å². The van der Waals surface area contributed by atoms with Crippen LogP contribution < -0.4 is 0 Å². The minimum absolute atomic E-state index is 0.0120. The predicted molar refractivity (Wildman–Crippen MR) is 81.7 cm³/mol. The molecule has 4 rings (SSSR count). The topological polar surface area (TPSA) is 34.1 Å². The molecule has 0 aromatic heterocycles. The molecule has 0 aromatic carbocycles. The third kappa shape index (κ3) is 1.77. The van der Waals surface area contributed by atoms with Crippen LogP contribution in [0.3, 0.4) is 0 Å². The van der Waals surface area contributed by atoms with Gasteiger partial charge >= 0.3 is 0 Å². The number of allylic oxidation sites excluding steroid dienone is 1. The van der Waals surface area contributed by atoms with Gasteiger partial charge in [0.15, 0.2) is 5.78 Å². The van der Waals surface area contributed by atoms with Gasteiger partial charge < -0.3 is 0 Å². The maximum absolute atomic E-state index is 12.3. The Bertz CT molecular complexity index is 544. The van der Waals surface area contributed by atoms with Crippen molar-refractivity contribution >= 4 is 11.6 Å². The van der Waals surface area contributed by atoms with E-state index in [9.17, 15) is 9.59 Å². The van der Waals surface area contributed by atoms with Gasteiger partial charge in [-0.2, -0.15) is 0 Å². The van der Waals surface area contributed by atoms with Gasteiger partial charge in [-0.05, 0) is 74.7 Å². The lowest BCUT2D eigenvalue weighted by molar-refractivity contribution is -0.131. The number of carbonyl (C=O) groups is 2. The highest BCUT2D eigenvalue weighted by Crippen LogP contribution is 2.60. The van der Waals surface area contributed by atoms with E-state index in [1.165, 1.54) is 18.4 Å². The average molecular weight is 286 g/mol. The zero-order chi connectivity index (χ0) is 14.8. The lowest BCUT2D eigenvalue weighted by Gasteiger charge is -2.52. The number of hydrogen-bond acceptors (Lipinski definition) is 2. The number of carbonyl (C=O) groups excluding carboxylic acids is 2. The van der Waals surface area contributed by atoms with Gasteiger partial charge in [0.2, 0.25) is 0 Å². The quantitative estimate of drug-likeness (QED) is 0.672. The first-order valence-electron chi connectivity index (χ1n) is 8.78. The maximum Gasteiger partial charge on any atom is 0.158 e. The van der Waals surface area contributed by atoms with Crippen LogP contribution in [0.4, 0.5) is 0 Å². The molecule has 0 radical (unpaired) electrons. The number of ketones is 2. The summed E-state index contributed by atoms with van der Waals surface area (Å²) in [4.78, 5) is 24.3. The second-order valence-electron chi connectivity index (χ2n) is 8.11.